The number of piperazine rings is 1. The van der Waals surface area contributed by atoms with Crippen molar-refractivity contribution in [2.75, 3.05) is 20.1 Å². The van der Waals surface area contributed by atoms with Gasteiger partial charge in [0.2, 0.25) is 5.91 Å². The first-order chi connectivity index (χ1) is 8.90. The number of amides is 1. The third-order valence-corrected chi connectivity index (χ3v) is 5.28. The Morgan fingerprint density at radius 1 is 1.11 bits per heavy atom. The molecule has 2 fully saturated rings. The number of nitrogens with zero attached hydrogens (tertiary/aromatic N) is 2. The van der Waals surface area contributed by atoms with Gasteiger partial charge in [-0.3, -0.25) is 9.69 Å². The molecule has 1 saturated heterocycles. The van der Waals surface area contributed by atoms with Crippen LogP contribution in [0.1, 0.15) is 40.0 Å². The quantitative estimate of drug-likeness (QED) is 0.779. The second-order valence-electron chi connectivity index (χ2n) is 6.76. The third kappa shape index (κ3) is 3.11. The van der Waals surface area contributed by atoms with Crippen LogP contribution in [0.2, 0.25) is 0 Å². The Bertz CT molecular complexity index is 321. The van der Waals surface area contributed by atoms with Crippen LogP contribution in [0.4, 0.5) is 0 Å². The lowest BCUT2D eigenvalue weighted by atomic mass is 9.79. The minimum atomic E-state index is 0.161. The Morgan fingerprint density at radius 2 is 1.68 bits per heavy atom. The summed E-state index contributed by atoms with van der Waals surface area (Å²) in [5, 5.41) is 0. The maximum absolute atomic E-state index is 12.7. The standard InChI is InChI=1S/C15H29N3O/c1-10-5-6-13(7-14(10)16)15(19)18-8-11(2)17(4)12(3)9-18/h10-14H,5-9,16H2,1-4H3. The summed E-state index contributed by atoms with van der Waals surface area (Å²) in [6.07, 6.45) is 2.98. The third-order valence-electron chi connectivity index (χ3n) is 5.28. The van der Waals surface area contributed by atoms with Crippen molar-refractivity contribution in [3.8, 4) is 0 Å². The summed E-state index contributed by atoms with van der Waals surface area (Å²) < 4.78 is 0. The number of hydrogen-bond donors (Lipinski definition) is 1. The maximum atomic E-state index is 12.7. The van der Waals surface area contributed by atoms with Gasteiger partial charge in [-0.05, 0) is 46.1 Å². The molecule has 0 aromatic rings. The molecular weight excluding hydrogens is 238 g/mol. The first-order valence-electron chi connectivity index (χ1n) is 7.66. The summed E-state index contributed by atoms with van der Waals surface area (Å²) in [4.78, 5) is 17.1. The van der Waals surface area contributed by atoms with E-state index >= 15 is 0 Å². The summed E-state index contributed by atoms with van der Waals surface area (Å²) in [5.41, 5.74) is 6.13. The molecule has 4 nitrogen and oxygen atoms in total. The highest BCUT2D eigenvalue weighted by atomic mass is 16.2. The van der Waals surface area contributed by atoms with E-state index < -0.39 is 0 Å². The number of carbonyl (C=O) groups is 1. The smallest absolute Gasteiger partial charge is 0.225 e. The summed E-state index contributed by atoms with van der Waals surface area (Å²) >= 11 is 0. The molecule has 2 rings (SSSR count). The van der Waals surface area contributed by atoms with Crippen molar-refractivity contribution in [2.45, 2.75) is 58.2 Å². The molecule has 1 aliphatic heterocycles. The van der Waals surface area contributed by atoms with Crippen molar-refractivity contribution >= 4 is 5.91 Å². The van der Waals surface area contributed by atoms with Gasteiger partial charge in [-0.2, -0.15) is 0 Å². The van der Waals surface area contributed by atoms with Gasteiger partial charge in [-0.15, -0.1) is 0 Å². The Labute approximate surface area is 117 Å². The number of nitrogens with two attached hydrogens (primary N) is 1. The van der Waals surface area contributed by atoms with Gasteiger partial charge in [-0.25, -0.2) is 0 Å². The SMILES string of the molecule is CC1CCC(C(=O)N2CC(C)N(C)C(C)C2)CC1N. The van der Waals surface area contributed by atoms with E-state index in [-0.39, 0.29) is 12.0 Å². The molecule has 110 valence electrons. The molecule has 1 amide bonds. The molecule has 0 radical (unpaired) electrons. The normalized spacial score (nSPS) is 41.3. The molecule has 2 N–H and O–H groups in total. The molecule has 2 aliphatic rings. The monoisotopic (exact) mass is 267 g/mol. The first kappa shape index (κ1) is 14.8. The van der Waals surface area contributed by atoms with Crippen molar-refractivity contribution in [2.24, 2.45) is 17.6 Å². The summed E-state index contributed by atoms with van der Waals surface area (Å²) in [7, 11) is 2.15. The van der Waals surface area contributed by atoms with Gasteiger partial charge in [-0.1, -0.05) is 6.92 Å². The maximum Gasteiger partial charge on any atom is 0.225 e. The number of carbonyl (C=O) groups excluding carboxylic acids is 1. The molecule has 4 heteroatoms. The fraction of sp³-hybridized carbons (Fsp3) is 0.933. The topological polar surface area (TPSA) is 49.6 Å². The molecule has 1 saturated carbocycles. The zero-order valence-corrected chi connectivity index (χ0v) is 12.8. The Morgan fingerprint density at radius 3 is 2.21 bits per heavy atom. The summed E-state index contributed by atoms with van der Waals surface area (Å²) in [6, 6.07) is 1.10. The van der Waals surface area contributed by atoms with Gasteiger partial charge in [0, 0.05) is 37.1 Å². The van der Waals surface area contributed by atoms with Crippen LogP contribution in [-0.2, 0) is 4.79 Å². The van der Waals surface area contributed by atoms with Crippen LogP contribution in [0.5, 0.6) is 0 Å². The fourth-order valence-electron chi connectivity index (χ4n) is 3.42. The molecule has 5 atom stereocenters. The van der Waals surface area contributed by atoms with Gasteiger partial charge in [0.05, 0.1) is 0 Å². The molecule has 0 spiro atoms. The number of likely N-dealkylation sites (N-methyl/N-ethyl adjacent to an activating group) is 1. The Balaban J connectivity index is 1.96. The van der Waals surface area contributed by atoms with Crippen molar-refractivity contribution in [1.82, 2.24) is 9.80 Å². The van der Waals surface area contributed by atoms with Gasteiger partial charge in [0.15, 0.2) is 0 Å². The summed E-state index contributed by atoms with van der Waals surface area (Å²) in [5.74, 6) is 1.07. The lowest BCUT2D eigenvalue weighted by Crippen LogP contribution is -2.58. The molecule has 0 bridgehead atoms. The van der Waals surface area contributed by atoms with Crippen LogP contribution < -0.4 is 5.73 Å². The van der Waals surface area contributed by atoms with Gasteiger partial charge in [0.1, 0.15) is 0 Å². The van der Waals surface area contributed by atoms with Gasteiger partial charge < -0.3 is 10.6 Å². The molecule has 0 aromatic heterocycles. The van der Waals surface area contributed by atoms with E-state index in [1.165, 1.54) is 0 Å². The Kier molecular flexibility index (Phi) is 4.51. The van der Waals surface area contributed by atoms with Crippen LogP contribution in [0.15, 0.2) is 0 Å². The molecule has 0 aromatic carbocycles. The molecule has 1 aliphatic carbocycles. The van der Waals surface area contributed by atoms with Crippen molar-refractivity contribution in [1.29, 1.82) is 0 Å². The minimum Gasteiger partial charge on any atom is -0.339 e. The van der Waals surface area contributed by atoms with Crippen LogP contribution in [0.3, 0.4) is 0 Å². The zero-order chi connectivity index (χ0) is 14.2. The van der Waals surface area contributed by atoms with Gasteiger partial charge >= 0.3 is 0 Å². The van der Waals surface area contributed by atoms with Gasteiger partial charge in [0.25, 0.3) is 0 Å². The lowest BCUT2D eigenvalue weighted by molar-refractivity contribution is -0.141. The van der Waals surface area contributed by atoms with E-state index in [4.69, 9.17) is 5.73 Å². The van der Waals surface area contributed by atoms with Crippen molar-refractivity contribution in [3.63, 3.8) is 0 Å². The van der Waals surface area contributed by atoms with Crippen LogP contribution in [0, 0.1) is 11.8 Å². The number of hydrogen-bond acceptors (Lipinski definition) is 3. The van der Waals surface area contributed by atoms with E-state index in [9.17, 15) is 4.79 Å². The average Bonchev–Trinajstić information content (AvgIpc) is 2.37. The highest BCUT2D eigenvalue weighted by Gasteiger charge is 2.35. The van der Waals surface area contributed by atoms with E-state index in [0.29, 0.717) is 23.9 Å². The van der Waals surface area contributed by atoms with Crippen LogP contribution in [0.25, 0.3) is 0 Å². The van der Waals surface area contributed by atoms with E-state index in [1.54, 1.807) is 0 Å². The summed E-state index contributed by atoms with van der Waals surface area (Å²) in [6.45, 7) is 8.32. The minimum absolute atomic E-state index is 0.161. The molecule has 5 unspecified atom stereocenters. The predicted molar refractivity (Wildman–Crippen MR) is 77.7 cm³/mol. The van der Waals surface area contributed by atoms with E-state index in [0.717, 1.165) is 32.4 Å². The number of rotatable bonds is 1. The lowest BCUT2D eigenvalue weighted by Gasteiger charge is -2.44. The van der Waals surface area contributed by atoms with E-state index in [2.05, 4.69) is 37.6 Å². The van der Waals surface area contributed by atoms with Crippen LogP contribution >= 0.6 is 0 Å². The second-order valence-corrected chi connectivity index (χ2v) is 6.76. The predicted octanol–water partition coefficient (Wildman–Crippen LogP) is 1.30. The van der Waals surface area contributed by atoms with Crippen LogP contribution in [-0.4, -0.2) is 54.0 Å². The Hall–Kier alpha value is -0.610. The largest absolute Gasteiger partial charge is 0.339 e. The highest BCUT2D eigenvalue weighted by Crippen LogP contribution is 2.30. The molecule has 1 heterocycles. The molecular formula is C15H29N3O. The van der Waals surface area contributed by atoms with E-state index in [1.807, 2.05) is 0 Å². The second kappa shape index (κ2) is 5.80. The highest BCUT2D eigenvalue weighted by molar-refractivity contribution is 5.79. The average molecular weight is 267 g/mol. The first-order valence-corrected chi connectivity index (χ1v) is 7.66. The van der Waals surface area contributed by atoms with Crippen molar-refractivity contribution < 1.29 is 4.79 Å². The van der Waals surface area contributed by atoms with Crippen molar-refractivity contribution in [3.05, 3.63) is 0 Å². The molecule has 19 heavy (non-hydrogen) atoms. The fourth-order valence-corrected chi connectivity index (χ4v) is 3.42. The zero-order valence-electron chi connectivity index (χ0n) is 12.8.